The maximum Gasteiger partial charge on any atom is 0.341 e. The van der Waals surface area contributed by atoms with Gasteiger partial charge < -0.3 is 14.7 Å². The molecule has 0 fully saturated rings. The standard InChI is InChI=1S/C25H26N2O4/c28-24(29)19-30-23-15-7-6-11-20(23)10-5-2-8-17-31-27-25(21-12-3-1-4-13-21)22-14-9-16-26-18-22/h1,3-4,6-7,9,11-16,18H,2,5,8,10,17,19H2,(H,28,29). The summed E-state index contributed by atoms with van der Waals surface area (Å²) in [6, 6.07) is 21.3. The molecule has 0 aliphatic carbocycles. The summed E-state index contributed by atoms with van der Waals surface area (Å²) in [5, 5.41) is 13.2. The van der Waals surface area contributed by atoms with Gasteiger partial charge in [0.05, 0.1) is 0 Å². The zero-order valence-corrected chi connectivity index (χ0v) is 17.3. The Morgan fingerprint density at radius 3 is 2.45 bits per heavy atom. The van der Waals surface area contributed by atoms with E-state index < -0.39 is 5.97 Å². The molecule has 31 heavy (non-hydrogen) atoms. The van der Waals surface area contributed by atoms with Gasteiger partial charge in [0.25, 0.3) is 0 Å². The van der Waals surface area contributed by atoms with Crippen molar-refractivity contribution in [3.05, 3.63) is 95.8 Å². The maximum absolute atomic E-state index is 10.7. The molecule has 0 aliphatic rings. The molecule has 0 amide bonds. The number of pyridine rings is 1. The van der Waals surface area contributed by atoms with Crippen LogP contribution in [0.1, 0.15) is 36.0 Å². The van der Waals surface area contributed by atoms with Crippen LogP contribution >= 0.6 is 0 Å². The predicted octanol–water partition coefficient (Wildman–Crippen LogP) is 4.73. The summed E-state index contributed by atoms with van der Waals surface area (Å²) in [6.07, 6.45) is 7.13. The van der Waals surface area contributed by atoms with E-state index >= 15 is 0 Å². The number of rotatable bonds is 12. The number of ether oxygens (including phenoxy) is 1. The maximum atomic E-state index is 10.7. The Morgan fingerprint density at radius 1 is 0.903 bits per heavy atom. The quantitative estimate of drug-likeness (QED) is 0.261. The number of para-hydroxylation sites is 1. The highest BCUT2D eigenvalue weighted by molar-refractivity contribution is 6.12. The first kappa shape index (κ1) is 22.0. The van der Waals surface area contributed by atoms with Crippen LogP contribution in [0, 0.1) is 0 Å². The van der Waals surface area contributed by atoms with Crippen LogP contribution in [0.15, 0.2) is 84.3 Å². The Morgan fingerprint density at radius 2 is 1.68 bits per heavy atom. The molecule has 2 aromatic carbocycles. The van der Waals surface area contributed by atoms with Crippen LogP contribution in [0.2, 0.25) is 0 Å². The lowest BCUT2D eigenvalue weighted by molar-refractivity contribution is -0.139. The van der Waals surface area contributed by atoms with Crippen molar-refractivity contribution in [3.63, 3.8) is 0 Å². The number of nitrogens with zero attached hydrogens (tertiary/aromatic N) is 2. The number of hydrogen-bond acceptors (Lipinski definition) is 5. The van der Waals surface area contributed by atoms with Gasteiger partial charge in [-0.2, -0.15) is 0 Å². The third kappa shape index (κ3) is 7.26. The van der Waals surface area contributed by atoms with Crippen molar-refractivity contribution in [1.29, 1.82) is 0 Å². The topological polar surface area (TPSA) is 81.0 Å². The third-order valence-corrected chi connectivity index (χ3v) is 4.64. The monoisotopic (exact) mass is 418 g/mol. The van der Waals surface area contributed by atoms with Gasteiger partial charge in [0.2, 0.25) is 0 Å². The molecular weight excluding hydrogens is 392 g/mol. The first-order chi connectivity index (χ1) is 15.2. The van der Waals surface area contributed by atoms with Crippen LogP contribution < -0.4 is 4.74 Å². The average Bonchev–Trinajstić information content (AvgIpc) is 2.81. The number of aryl methyl sites for hydroxylation is 1. The van der Waals surface area contributed by atoms with Crippen LogP contribution in [-0.2, 0) is 16.1 Å². The van der Waals surface area contributed by atoms with E-state index in [0.717, 1.165) is 48.1 Å². The van der Waals surface area contributed by atoms with Gasteiger partial charge in [-0.3, -0.25) is 4.98 Å². The van der Waals surface area contributed by atoms with Crippen molar-refractivity contribution >= 4 is 11.7 Å². The number of hydrogen-bond donors (Lipinski definition) is 1. The van der Waals surface area contributed by atoms with Crippen molar-refractivity contribution in [2.45, 2.75) is 25.7 Å². The van der Waals surface area contributed by atoms with Crippen LogP contribution in [0.3, 0.4) is 0 Å². The fraction of sp³-hybridized carbons (Fsp3) is 0.240. The van der Waals surface area contributed by atoms with Gasteiger partial charge in [0.1, 0.15) is 18.1 Å². The number of aromatic nitrogens is 1. The Kier molecular flexibility index (Phi) is 8.61. The van der Waals surface area contributed by atoms with Gasteiger partial charge in [-0.25, -0.2) is 4.79 Å². The predicted molar refractivity (Wildman–Crippen MR) is 119 cm³/mol. The van der Waals surface area contributed by atoms with Crippen molar-refractivity contribution in [2.24, 2.45) is 5.16 Å². The van der Waals surface area contributed by atoms with E-state index in [1.165, 1.54) is 0 Å². The SMILES string of the molecule is O=C(O)COc1ccccc1CCCCCON=C(c1ccccc1)c1cccnc1. The highest BCUT2D eigenvalue weighted by Crippen LogP contribution is 2.20. The lowest BCUT2D eigenvalue weighted by Crippen LogP contribution is -2.10. The van der Waals surface area contributed by atoms with E-state index in [0.29, 0.717) is 12.4 Å². The summed E-state index contributed by atoms with van der Waals surface area (Å²) < 4.78 is 5.36. The van der Waals surface area contributed by atoms with Gasteiger partial charge in [-0.15, -0.1) is 0 Å². The fourth-order valence-corrected chi connectivity index (χ4v) is 3.13. The minimum Gasteiger partial charge on any atom is -0.482 e. The van der Waals surface area contributed by atoms with Gasteiger partial charge in [0, 0.05) is 23.5 Å². The average molecular weight is 418 g/mol. The minimum absolute atomic E-state index is 0.330. The Labute approximate surface area is 182 Å². The zero-order chi connectivity index (χ0) is 21.7. The minimum atomic E-state index is -0.978. The highest BCUT2D eigenvalue weighted by Gasteiger charge is 2.08. The lowest BCUT2D eigenvalue weighted by Gasteiger charge is -2.10. The molecule has 3 aromatic rings. The molecule has 1 heterocycles. The summed E-state index contributed by atoms with van der Waals surface area (Å²) in [4.78, 5) is 20.5. The molecule has 0 saturated carbocycles. The number of benzene rings is 2. The van der Waals surface area contributed by atoms with E-state index in [-0.39, 0.29) is 6.61 Å². The number of aliphatic carboxylic acids is 1. The van der Waals surface area contributed by atoms with Crippen molar-refractivity contribution in [1.82, 2.24) is 4.98 Å². The molecule has 0 atom stereocenters. The van der Waals surface area contributed by atoms with E-state index in [2.05, 4.69) is 10.1 Å². The summed E-state index contributed by atoms with van der Waals surface area (Å²) in [5.74, 6) is -0.344. The summed E-state index contributed by atoms with van der Waals surface area (Å²) in [6.45, 7) is 0.192. The molecule has 6 heteroatoms. The Hall–Kier alpha value is -3.67. The number of carboxylic acid groups (broad SMARTS) is 1. The van der Waals surface area contributed by atoms with Crippen LogP contribution in [0.4, 0.5) is 0 Å². The molecular formula is C25H26N2O4. The van der Waals surface area contributed by atoms with Crippen molar-refractivity contribution in [2.75, 3.05) is 13.2 Å². The molecule has 0 saturated heterocycles. The number of oxime groups is 1. The summed E-state index contributed by atoms with van der Waals surface area (Å²) in [5.41, 5.74) is 3.67. The molecule has 3 rings (SSSR count). The fourth-order valence-electron chi connectivity index (χ4n) is 3.13. The van der Waals surface area contributed by atoms with Crippen LogP contribution in [-0.4, -0.2) is 35.0 Å². The normalized spacial score (nSPS) is 11.2. The van der Waals surface area contributed by atoms with Gasteiger partial charge in [-0.1, -0.05) is 53.7 Å². The van der Waals surface area contributed by atoms with E-state index in [1.54, 1.807) is 18.5 Å². The molecule has 1 N–H and O–H groups in total. The Balaban J connectivity index is 1.47. The van der Waals surface area contributed by atoms with Crippen LogP contribution in [0.5, 0.6) is 5.75 Å². The Bertz CT molecular complexity index is 934. The van der Waals surface area contributed by atoms with Gasteiger partial charge in [0.15, 0.2) is 6.61 Å². The van der Waals surface area contributed by atoms with Crippen molar-refractivity contribution in [3.8, 4) is 5.75 Å². The number of carboxylic acids is 1. The van der Waals surface area contributed by atoms with E-state index in [4.69, 9.17) is 14.7 Å². The molecule has 1 aromatic heterocycles. The molecule has 0 radical (unpaired) electrons. The highest BCUT2D eigenvalue weighted by atomic mass is 16.6. The van der Waals surface area contributed by atoms with Crippen molar-refractivity contribution < 1.29 is 19.5 Å². The van der Waals surface area contributed by atoms with E-state index in [1.807, 2.05) is 60.7 Å². The second-order valence-corrected chi connectivity index (χ2v) is 6.98. The summed E-state index contributed by atoms with van der Waals surface area (Å²) in [7, 11) is 0. The lowest BCUT2D eigenvalue weighted by atomic mass is 10.0. The largest absolute Gasteiger partial charge is 0.482 e. The summed E-state index contributed by atoms with van der Waals surface area (Å²) >= 11 is 0. The zero-order valence-electron chi connectivity index (χ0n) is 17.3. The molecule has 0 spiro atoms. The second-order valence-electron chi connectivity index (χ2n) is 6.98. The molecule has 0 aliphatic heterocycles. The smallest absolute Gasteiger partial charge is 0.341 e. The van der Waals surface area contributed by atoms with Crippen LogP contribution in [0.25, 0.3) is 0 Å². The first-order valence-electron chi connectivity index (χ1n) is 10.3. The van der Waals surface area contributed by atoms with Gasteiger partial charge >= 0.3 is 5.97 Å². The molecule has 0 unspecified atom stereocenters. The first-order valence-corrected chi connectivity index (χ1v) is 10.3. The molecule has 0 bridgehead atoms. The second kappa shape index (κ2) is 12.1. The third-order valence-electron chi connectivity index (χ3n) is 4.64. The van der Waals surface area contributed by atoms with E-state index in [9.17, 15) is 4.79 Å². The molecule has 6 nitrogen and oxygen atoms in total. The van der Waals surface area contributed by atoms with Gasteiger partial charge in [-0.05, 0) is 49.4 Å². The molecule has 160 valence electrons. The number of carbonyl (C=O) groups is 1. The number of unbranched alkanes of at least 4 members (excludes halogenated alkanes) is 2.